The summed E-state index contributed by atoms with van der Waals surface area (Å²) >= 11 is 0. The number of hydrogen-bond acceptors (Lipinski definition) is 4. The highest BCUT2D eigenvalue weighted by Gasteiger charge is 2.15. The highest BCUT2D eigenvalue weighted by Crippen LogP contribution is 2.17. The van der Waals surface area contributed by atoms with Crippen LogP contribution in [0.15, 0.2) is 42.5 Å². The summed E-state index contributed by atoms with van der Waals surface area (Å²) in [5.74, 6) is -0.204. The Balaban J connectivity index is 1.89. The van der Waals surface area contributed by atoms with E-state index in [0.29, 0.717) is 11.3 Å². The maximum Gasteiger partial charge on any atom is 0.338 e. The lowest BCUT2D eigenvalue weighted by molar-refractivity contribution is -0.124. The van der Waals surface area contributed by atoms with Crippen LogP contribution in [0.2, 0.25) is 0 Å². The average Bonchev–Trinajstić information content (AvgIpc) is 2.60. The van der Waals surface area contributed by atoms with Crippen LogP contribution in [0.25, 0.3) is 0 Å². The Hall–Kier alpha value is -2.82. The van der Waals surface area contributed by atoms with Crippen molar-refractivity contribution in [3.05, 3.63) is 64.7 Å². The van der Waals surface area contributed by atoms with Crippen molar-refractivity contribution in [2.45, 2.75) is 26.8 Å². The van der Waals surface area contributed by atoms with E-state index in [-0.39, 0.29) is 18.6 Å². The van der Waals surface area contributed by atoms with E-state index in [4.69, 9.17) is 9.47 Å². The van der Waals surface area contributed by atoms with Gasteiger partial charge in [0.25, 0.3) is 5.91 Å². The molecular formula is C20H23NO4. The molecule has 25 heavy (non-hydrogen) atoms. The van der Waals surface area contributed by atoms with Crippen LogP contribution in [0.3, 0.4) is 0 Å². The second kappa shape index (κ2) is 8.33. The number of esters is 1. The lowest BCUT2D eigenvalue weighted by Crippen LogP contribution is -2.31. The third kappa shape index (κ3) is 5.08. The monoisotopic (exact) mass is 341 g/mol. The quantitative estimate of drug-likeness (QED) is 0.819. The van der Waals surface area contributed by atoms with E-state index in [1.165, 1.54) is 0 Å². The molecule has 0 saturated heterocycles. The summed E-state index contributed by atoms with van der Waals surface area (Å²) in [4.78, 5) is 24.1. The third-order valence-electron chi connectivity index (χ3n) is 3.94. The third-order valence-corrected chi connectivity index (χ3v) is 3.94. The molecule has 5 nitrogen and oxygen atoms in total. The largest absolute Gasteiger partial charge is 0.497 e. The van der Waals surface area contributed by atoms with E-state index in [0.717, 1.165) is 16.7 Å². The SMILES string of the molecule is COc1ccc(C(=O)OCC(=O)N[C@H](C)c2ccc(C)cc2)c(C)c1. The number of ether oxygens (including phenoxy) is 2. The van der Waals surface area contributed by atoms with Crippen LogP contribution in [0.5, 0.6) is 5.75 Å². The van der Waals surface area contributed by atoms with Gasteiger partial charge in [0.05, 0.1) is 18.7 Å². The van der Waals surface area contributed by atoms with Crippen molar-refractivity contribution in [3.63, 3.8) is 0 Å². The molecule has 0 aliphatic rings. The Kier molecular flexibility index (Phi) is 6.17. The molecule has 0 unspecified atom stereocenters. The molecule has 0 heterocycles. The molecule has 132 valence electrons. The van der Waals surface area contributed by atoms with Gasteiger partial charge in [-0.3, -0.25) is 4.79 Å². The first-order chi connectivity index (χ1) is 11.9. The highest BCUT2D eigenvalue weighted by atomic mass is 16.5. The number of hydrogen-bond donors (Lipinski definition) is 1. The Labute approximate surface area is 148 Å². The van der Waals surface area contributed by atoms with E-state index in [1.54, 1.807) is 32.2 Å². The molecule has 0 fully saturated rings. The Morgan fingerprint density at radius 2 is 1.76 bits per heavy atom. The van der Waals surface area contributed by atoms with Gasteiger partial charge >= 0.3 is 5.97 Å². The zero-order valence-electron chi connectivity index (χ0n) is 15.0. The molecule has 0 spiro atoms. The normalized spacial score (nSPS) is 11.5. The zero-order chi connectivity index (χ0) is 18.4. The Bertz CT molecular complexity index is 753. The molecule has 2 aromatic rings. The van der Waals surface area contributed by atoms with Gasteiger partial charge in [-0.25, -0.2) is 4.79 Å². The van der Waals surface area contributed by atoms with E-state index in [1.807, 2.05) is 38.1 Å². The van der Waals surface area contributed by atoms with Crippen LogP contribution in [-0.4, -0.2) is 25.6 Å². The molecule has 1 atom stereocenters. The van der Waals surface area contributed by atoms with Crippen LogP contribution in [-0.2, 0) is 9.53 Å². The fraction of sp³-hybridized carbons (Fsp3) is 0.300. The summed E-state index contributed by atoms with van der Waals surface area (Å²) < 4.78 is 10.2. The number of methoxy groups -OCH3 is 1. The molecule has 0 aromatic heterocycles. The summed E-state index contributed by atoms with van der Waals surface area (Å²) in [7, 11) is 1.56. The molecule has 1 N–H and O–H groups in total. The van der Waals surface area contributed by atoms with Gasteiger partial charge in [0.1, 0.15) is 5.75 Å². The number of nitrogens with one attached hydrogen (secondary N) is 1. The van der Waals surface area contributed by atoms with Crippen molar-refractivity contribution < 1.29 is 19.1 Å². The molecule has 0 radical (unpaired) electrons. The first-order valence-corrected chi connectivity index (χ1v) is 8.08. The maximum absolute atomic E-state index is 12.1. The van der Waals surface area contributed by atoms with Gasteiger partial charge in [-0.15, -0.1) is 0 Å². The standard InChI is InChI=1S/C20H23NO4/c1-13-5-7-16(8-6-13)15(3)21-19(22)12-25-20(23)18-10-9-17(24-4)11-14(18)2/h5-11,15H,12H2,1-4H3,(H,21,22)/t15-/m1/s1. The smallest absolute Gasteiger partial charge is 0.338 e. The van der Waals surface area contributed by atoms with Crippen molar-refractivity contribution in [3.8, 4) is 5.75 Å². The van der Waals surface area contributed by atoms with Crippen molar-refractivity contribution in [2.24, 2.45) is 0 Å². The van der Waals surface area contributed by atoms with Gasteiger partial charge in [0.2, 0.25) is 0 Å². The highest BCUT2D eigenvalue weighted by molar-refractivity contribution is 5.92. The van der Waals surface area contributed by atoms with E-state index < -0.39 is 5.97 Å². The van der Waals surface area contributed by atoms with Gasteiger partial charge < -0.3 is 14.8 Å². The van der Waals surface area contributed by atoms with Gasteiger partial charge in [-0.05, 0) is 50.1 Å². The lowest BCUT2D eigenvalue weighted by Gasteiger charge is -2.15. The van der Waals surface area contributed by atoms with E-state index in [2.05, 4.69) is 5.32 Å². The minimum atomic E-state index is -0.529. The number of benzene rings is 2. The van der Waals surface area contributed by atoms with Crippen LogP contribution >= 0.6 is 0 Å². The molecule has 2 aromatic carbocycles. The number of rotatable bonds is 6. The minimum Gasteiger partial charge on any atom is -0.497 e. The summed E-state index contributed by atoms with van der Waals surface area (Å²) in [6, 6.07) is 12.8. The molecule has 0 bridgehead atoms. The summed E-state index contributed by atoms with van der Waals surface area (Å²) in [5, 5.41) is 2.82. The van der Waals surface area contributed by atoms with Crippen molar-refractivity contribution in [1.82, 2.24) is 5.32 Å². The fourth-order valence-corrected chi connectivity index (χ4v) is 2.42. The van der Waals surface area contributed by atoms with Crippen molar-refractivity contribution in [2.75, 3.05) is 13.7 Å². The van der Waals surface area contributed by atoms with E-state index >= 15 is 0 Å². The first kappa shape index (κ1) is 18.5. The summed E-state index contributed by atoms with van der Waals surface area (Å²) in [6.45, 7) is 5.37. The molecule has 0 aliphatic heterocycles. The topological polar surface area (TPSA) is 64.6 Å². The summed E-state index contributed by atoms with van der Waals surface area (Å²) in [5.41, 5.74) is 3.31. The predicted molar refractivity (Wildman–Crippen MR) is 95.8 cm³/mol. The molecule has 0 aliphatic carbocycles. The number of aryl methyl sites for hydroxylation is 2. The van der Waals surface area contributed by atoms with Crippen LogP contribution in [0.1, 0.15) is 40.0 Å². The molecule has 0 saturated carbocycles. The van der Waals surface area contributed by atoms with Crippen LogP contribution in [0.4, 0.5) is 0 Å². The van der Waals surface area contributed by atoms with Gasteiger partial charge in [0, 0.05) is 0 Å². The molecular weight excluding hydrogens is 318 g/mol. The molecule has 5 heteroatoms. The van der Waals surface area contributed by atoms with Gasteiger partial charge in [0.15, 0.2) is 6.61 Å². The maximum atomic E-state index is 12.1. The number of carbonyl (C=O) groups is 2. The first-order valence-electron chi connectivity index (χ1n) is 8.08. The van der Waals surface area contributed by atoms with Crippen molar-refractivity contribution in [1.29, 1.82) is 0 Å². The minimum absolute atomic E-state index is 0.158. The predicted octanol–water partition coefficient (Wildman–Crippen LogP) is 3.35. The van der Waals surface area contributed by atoms with E-state index in [9.17, 15) is 9.59 Å². The zero-order valence-corrected chi connectivity index (χ0v) is 15.0. The number of carbonyl (C=O) groups excluding carboxylic acids is 2. The summed E-state index contributed by atoms with van der Waals surface area (Å²) in [6.07, 6.45) is 0. The number of amides is 1. The Morgan fingerprint density at radius 1 is 1.08 bits per heavy atom. The van der Waals surface area contributed by atoms with Crippen LogP contribution < -0.4 is 10.1 Å². The molecule has 2 rings (SSSR count). The second-order valence-electron chi connectivity index (χ2n) is 5.96. The van der Waals surface area contributed by atoms with Crippen LogP contribution in [0, 0.1) is 13.8 Å². The fourth-order valence-electron chi connectivity index (χ4n) is 2.42. The van der Waals surface area contributed by atoms with Crippen molar-refractivity contribution >= 4 is 11.9 Å². The Morgan fingerprint density at radius 3 is 2.36 bits per heavy atom. The average molecular weight is 341 g/mol. The van der Waals surface area contributed by atoms with Gasteiger partial charge in [-0.2, -0.15) is 0 Å². The molecule has 1 amide bonds. The second-order valence-corrected chi connectivity index (χ2v) is 5.96. The van der Waals surface area contributed by atoms with Gasteiger partial charge in [-0.1, -0.05) is 29.8 Å². The lowest BCUT2D eigenvalue weighted by atomic mass is 10.1.